The lowest BCUT2D eigenvalue weighted by molar-refractivity contribution is -0.152. The minimum absolute atomic E-state index is 0.0570. The zero-order chi connectivity index (χ0) is 17.4. The Morgan fingerprint density at radius 2 is 1.74 bits per heavy atom. The first-order valence-electron chi connectivity index (χ1n) is 7.16. The molecule has 1 aliphatic carbocycles. The molecule has 120 valence electrons. The maximum absolute atomic E-state index is 12.5. The number of carbonyl (C=O) groups excluding carboxylic acids is 3. The summed E-state index contributed by atoms with van der Waals surface area (Å²) in [7, 11) is 0. The van der Waals surface area contributed by atoms with Crippen molar-refractivity contribution in [2.75, 3.05) is 6.61 Å². The summed E-state index contributed by atoms with van der Waals surface area (Å²) in [6.45, 7) is 4.11. The molecule has 1 aromatic carbocycles. The molecule has 6 heteroatoms. The normalized spacial score (nSPS) is 24.4. The van der Waals surface area contributed by atoms with Crippen molar-refractivity contribution in [3.05, 3.63) is 34.9 Å². The second-order valence-corrected chi connectivity index (χ2v) is 5.98. The van der Waals surface area contributed by atoms with Crippen molar-refractivity contribution < 1.29 is 19.1 Å². The number of carbonyl (C=O) groups is 3. The molecule has 0 bridgehead atoms. The average Bonchev–Trinajstić information content (AvgIpc) is 3.14. The van der Waals surface area contributed by atoms with E-state index in [-0.39, 0.29) is 6.61 Å². The largest absolute Gasteiger partial charge is 0.465 e. The summed E-state index contributed by atoms with van der Waals surface area (Å²) in [6, 6.07) is 8.32. The molecule has 1 fully saturated rings. The van der Waals surface area contributed by atoms with E-state index in [2.05, 4.69) is 0 Å². The van der Waals surface area contributed by atoms with Gasteiger partial charge < -0.3 is 4.74 Å². The predicted molar refractivity (Wildman–Crippen MR) is 82.7 cm³/mol. The molecule has 1 aromatic rings. The second-order valence-electron chi connectivity index (χ2n) is 5.55. The van der Waals surface area contributed by atoms with Gasteiger partial charge in [-0.1, -0.05) is 23.7 Å². The van der Waals surface area contributed by atoms with Crippen LogP contribution in [0.15, 0.2) is 24.3 Å². The molecule has 23 heavy (non-hydrogen) atoms. The number of esters is 1. The molecule has 0 aromatic heterocycles. The second kappa shape index (κ2) is 5.78. The summed E-state index contributed by atoms with van der Waals surface area (Å²) in [4.78, 5) is 37.1. The molecular formula is C17H16ClNO4. The van der Waals surface area contributed by atoms with Crippen LogP contribution in [-0.4, -0.2) is 24.1 Å². The zero-order valence-electron chi connectivity index (χ0n) is 13.1. The molecule has 0 unspecified atom stereocenters. The van der Waals surface area contributed by atoms with Crippen LogP contribution in [0.1, 0.15) is 32.3 Å². The lowest BCUT2D eigenvalue weighted by Crippen LogP contribution is -2.34. The van der Waals surface area contributed by atoms with Crippen LogP contribution >= 0.6 is 11.6 Å². The van der Waals surface area contributed by atoms with E-state index in [9.17, 15) is 19.6 Å². The smallest absolute Gasteiger partial charge is 0.328 e. The summed E-state index contributed by atoms with van der Waals surface area (Å²) in [5, 5.41) is 10.2. The molecule has 0 spiro atoms. The van der Waals surface area contributed by atoms with Crippen LogP contribution in [0.5, 0.6) is 0 Å². The average molecular weight is 334 g/mol. The highest BCUT2D eigenvalue weighted by molar-refractivity contribution is 6.30. The summed E-state index contributed by atoms with van der Waals surface area (Å²) >= 11 is 5.86. The first kappa shape index (κ1) is 17.2. The molecular weight excluding hydrogens is 318 g/mol. The van der Waals surface area contributed by atoms with Crippen LogP contribution in [0.25, 0.3) is 0 Å². The monoisotopic (exact) mass is 333 g/mol. The highest BCUT2D eigenvalue weighted by Gasteiger charge is 2.87. The van der Waals surface area contributed by atoms with Crippen LogP contribution in [-0.2, 0) is 19.1 Å². The molecule has 0 saturated heterocycles. The van der Waals surface area contributed by atoms with E-state index in [1.807, 2.05) is 6.07 Å². The first-order valence-corrected chi connectivity index (χ1v) is 7.54. The van der Waals surface area contributed by atoms with Crippen molar-refractivity contribution in [1.29, 1.82) is 5.26 Å². The third kappa shape index (κ3) is 2.09. The number of hydrogen-bond acceptors (Lipinski definition) is 5. The summed E-state index contributed by atoms with van der Waals surface area (Å²) in [6.07, 6.45) is 0. The van der Waals surface area contributed by atoms with Gasteiger partial charge in [0.25, 0.3) is 0 Å². The van der Waals surface area contributed by atoms with Crippen molar-refractivity contribution >= 4 is 29.1 Å². The number of rotatable bonds is 5. The maximum atomic E-state index is 12.5. The third-order valence-electron chi connectivity index (χ3n) is 4.49. The van der Waals surface area contributed by atoms with Crippen LogP contribution in [0, 0.1) is 22.2 Å². The van der Waals surface area contributed by atoms with Crippen LogP contribution in [0.3, 0.4) is 0 Å². The van der Waals surface area contributed by atoms with Crippen molar-refractivity contribution in [3.8, 4) is 6.07 Å². The lowest BCUT2D eigenvalue weighted by atomic mass is 9.86. The number of halogens is 1. The van der Waals surface area contributed by atoms with Gasteiger partial charge in [0.15, 0.2) is 5.41 Å². The Bertz CT molecular complexity index is 705. The standard InChI is InChI=1S/C17H16ClNO4/c1-4-23-15(22)16(9-19)14(12-5-7-13(18)8-6-12)17(16,10(2)20)11(3)21/h5-8,14H,4H2,1-3H3/t14-,16+/m0/s1. The van der Waals surface area contributed by atoms with Gasteiger partial charge in [-0.05, 0) is 38.5 Å². The molecule has 0 radical (unpaired) electrons. The molecule has 2 rings (SSSR count). The summed E-state index contributed by atoms with van der Waals surface area (Å²) in [5.74, 6) is -2.74. The molecule has 0 amide bonds. The summed E-state index contributed by atoms with van der Waals surface area (Å²) in [5.41, 5.74) is -2.99. The van der Waals surface area contributed by atoms with Gasteiger partial charge in [0, 0.05) is 10.9 Å². The number of nitrogens with zero attached hydrogens (tertiary/aromatic N) is 1. The quantitative estimate of drug-likeness (QED) is 0.611. The van der Waals surface area contributed by atoms with Gasteiger partial charge in [-0.3, -0.25) is 14.4 Å². The Balaban J connectivity index is 2.68. The highest BCUT2D eigenvalue weighted by atomic mass is 35.5. The fourth-order valence-corrected chi connectivity index (χ4v) is 3.69. The van der Waals surface area contributed by atoms with Gasteiger partial charge in [-0.25, -0.2) is 0 Å². The zero-order valence-corrected chi connectivity index (χ0v) is 13.8. The maximum Gasteiger partial charge on any atom is 0.328 e. The molecule has 0 N–H and O–H groups in total. The topological polar surface area (TPSA) is 84.2 Å². The van der Waals surface area contributed by atoms with Crippen LogP contribution in [0.4, 0.5) is 0 Å². The molecule has 0 aliphatic heterocycles. The van der Waals surface area contributed by atoms with Gasteiger partial charge >= 0.3 is 5.97 Å². The Morgan fingerprint density at radius 1 is 1.22 bits per heavy atom. The highest BCUT2D eigenvalue weighted by Crippen LogP contribution is 2.75. The Kier molecular flexibility index (Phi) is 4.32. The fourth-order valence-electron chi connectivity index (χ4n) is 3.56. The summed E-state index contributed by atoms with van der Waals surface area (Å²) < 4.78 is 5.00. The number of Topliss-reactive ketones (excluding diaryl/α,β-unsaturated/α-hetero) is 2. The van der Waals surface area contributed by atoms with E-state index < -0.39 is 34.3 Å². The fraction of sp³-hybridized carbons (Fsp3) is 0.412. The first-order chi connectivity index (χ1) is 10.8. The SMILES string of the molecule is CCOC(=O)[C@@]1(C#N)[C@H](c2ccc(Cl)cc2)C1(C(C)=O)C(C)=O. The number of ketones is 2. The number of hydrogen-bond donors (Lipinski definition) is 0. The molecule has 5 nitrogen and oxygen atoms in total. The number of nitriles is 1. The number of ether oxygens (including phenoxy) is 1. The van der Waals surface area contributed by atoms with Crippen molar-refractivity contribution in [2.24, 2.45) is 10.8 Å². The van der Waals surface area contributed by atoms with Gasteiger partial charge in [0.1, 0.15) is 17.0 Å². The van der Waals surface area contributed by atoms with Gasteiger partial charge in [-0.15, -0.1) is 0 Å². The van der Waals surface area contributed by atoms with E-state index in [4.69, 9.17) is 16.3 Å². The van der Waals surface area contributed by atoms with E-state index in [0.717, 1.165) is 0 Å². The molecule has 1 saturated carbocycles. The molecule has 1 aliphatic rings. The van der Waals surface area contributed by atoms with Gasteiger partial charge in [-0.2, -0.15) is 5.26 Å². The van der Waals surface area contributed by atoms with Gasteiger partial charge in [0.2, 0.25) is 0 Å². The van der Waals surface area contributed by atoms with E-state index in [1.165, 1.54) is 13.8 Å². The molecule has 2 atom stereocenters. The van der Waals surface area contributed by atoms with Gasteiger partial charge in [0.05, 0.1) is 12.7 Å². The Morgan fingerprint density at radius 3 is 2.13 bits per heavy atom. The lowest BCUT2D eigenvalue weighted by Gasteiger charge is -2.13. The van der Waals surface area contributed by atoms with E-state index >= 15 is 0 Å². The van der Waals surface area contributed by atoms with Crippen molar-refractivity contribution in [2.45, 2.75) is 26.7 Å². The van der Waals surface area contributed by atoms with E-state index in [1.54, 1.807) is 31.2 Å². The third-order valence-corrected chi connectivity index (χ3v) is 4.74. The Labute approximate surface area is 139 Å². The van der Waals surface area contributed by atoms with Crippen molar-refractivity contribution in [3.63, 3.8) is 0 Å². The van der Waals surface area contributed by atoms with E-state index in [0.29, 0.717) is 10.6 Å². The minimum atomic E-state index is -1.82. The van der Waals surface area contributed by atoms with Crippen LogP contribution in [0.2, 0.25) is 5.02 Å². The Hall–Kier alpha value is -2.19. The minimum Gasteiger partial charge on any atom is -0.465 e. The van der Waals surface area contributed by atoms with Crippen LogP contribution < -0.4 is 0 Å². The van der Waals surface area contributed by atoms with Crippen molar-refractivity contribution in [1.82, 2.24) is 0 Å². The number of benzene rings is 1. The predicted octanol–water partition coefficient (Wildman–Crippen LogP) is 2.67. The molecule has 0 heterocycles.